The lowest BCUT2D eigenvalue weighted by atomic mass is 10.0. The summed E-state index contributed by atoms with van der Waals surface area (Å²) in [4.78, 5) is 24.7. The molecule has 0 aliphatic heterocycles. The van der Waals surface area contributed by atoms with E-state index in [1.54, 1.807) is 14.0 Å². The van der Waals surface area contributed by atoms with Crippen molar-refractivity contribution >= 4 is 12.1 Å². The minimum absolute atomic E-state index is 0.0197. The van der Waals surface area contributed by atoms with E-state index in [4.69, 9.17) is 9.47 Å². The molecule has 100 valence electrons. The number of carbonyl (C=O) groups is 2. The molecule has 0 heterocycles. The molecule has 17 heavy (non-hydrogen) atoms. The fourth-order valence-electron chi connectivity index (χ4n) is 1.50. The molecule has 5 heteroatoms. The third-order valence-corrected chi connectivity index (χ3v) is 2.29. The van der Waals surface area contributed by atoms with E-state index in [-0.39, 0.29) is 18.5 Å². The van der Waals surface area contributed by atoms with Crippen LogP contribution in [-0.4, -0.2) is 43.3 Å². The molecule has 5 nitrogen and oxygen atoms in total. The van der Waals surface area contributed by atoms with Crippen molar-refractivity contribution in [3.8, 4) is 0 Å². The van der Waals surface area contributed by atoms with E-state index in [1.807, 2.05) is 20.8 Å². The van der Waals surface area contributed by atoms with Crippen molar-refractivity contribution < 1.29 is 19.1 Å². The second-order valence-corrected chi connectivity index (χ2v) is 4.17. The van der Waals surface area contributed by atoms with Crippen molar-refractivity contribution in [2.75, 3.05) is 20.3 Å². The number of rotatable bonds is 6. The maximum Gasteiger partial charge on any atom is 0.410 e. The summed E-state index contributed by atoms with van der Waals surface area (Å²) in [5.41, 5.74) is 0. The smallest absolute Gasteiger partial charge is 0.410 e. The predicted molar refractivity (Wildman–Crippen MR) is 64.7 cm³/mol. The fraction of sp³-hybridized carbons (Fsp3) is 0.833. The second-order valence-electron chi connectivity index (χ2n) is 4.17. The molecular weight excluding hydrogens is 222 g/mol. The average molecular weight is 245 g/mol. The van der Waals surface area contributed by atoms with Gasteiger partial charge in [-0.3, -0.25) is 4.90 Å². The summed E-state index contributed by atoms with van der Waals surface area (Å²) in [6, 6.07) is -0.597. The lowest BCUT2D eigenvalue weighted by molar-refractivity contribution is -0.150. The minimum atomic E-state index is -0.597. The van der Waals surface area contributed by atoms with Crippen molar-refractivity contribution in [3.63, 3.8) is 0 Å². The maximum atomic E-state index is 11.8. The van der Waals surface area contributed by atoms with Crippen LogP contribution in [0.25, 0.3) is 0 Å². The van der Waals surface area contributed by atoms with Gasteiger partial charge in [-0.25, -0.2) is 9.59 Å². The van der Waals surface area contributed by atoms with Gasteiger partial charge in [-0.15, -0.1) is 0 Å². The van der Waals surface area contributed by atoms with Gasteiger partial charge in [0.2, 0.25) is 0 Å². The topological polar surface area (TPSA) is 55.8 Å². The van der Waals surface area contributed by atoms with Crippen LogP contribution in [0.1, 0.15) is 34.1 Å². The number of esters is 1. The summed E-state index contributed by atoms with van der Waals surface area (Å²) in [5.74, 6) is -0.397. The molecule has 0 radical (unpaired) electrons. The standard InChI is InChI=1S/C12H23NO4/c1-6-8-17-11(14)10(9(3)4)13(5)12(15)16-7-2/h9-10H,6-8H2,1-5H3. The number of ether oxygens (including phenoxy) is 2. The second kappa shape index (κ2) is 7.92. The number of amides is 1. The molecule has 0 aromatic heterocycles. The SMILES string of the molecule is CCCOC(=O)C(C(C)C)N(C)C(=O)OCC. The summed E-state index contributed by atoms with van der Waals surface area (Å²) < 4.78 is 9.94. The zero-order valence-corrected chi connectivity index (χ0v) is 11.4. The quantitative estimate of drug-likeness (QED) is 0.672. The van der Waals surface area contributed by atoms with Crippen molar-refractivity contribution in [2.24, 2.45) is 5.92 Å². The number of nitrogens with zero attached hydrogens (tertiary/aromatic N) is 1. The van der Waals surface area contributed by atoms with Gasteiger partial charge in [0.05, 0.1) is 13.2 Å². The first-order valence-corrected chi connectivity index (χ1v) is 6.01. The molecule has 0 N–H and O–H groups in total. The number of hydrogen-bond acceptors (Lipinski definition) is 4. The van der Waals surface area contributed by atoms with E-state index >= 15 is 0 Å². The monoisotopic (exact) mass is 245 g/mol. The van der Waals surface area contributed by atoms with E-state index in [9.17, 15) is 9.59 Å². The van der Waals surface area contributed by atoms with Crippen LogP contribution in [0.4, 0.5) is 4.79 Å². The first-order valence-electron chi connectivity index (χ1n) is 6.01. The molecule has 0 aromatic carbocycles. The summed E-state index contributed by atoms with van der Waals surface area (Å²) in [5, 5.41) is 0. The Bertz CT molecular complexity index is 253. The molecule has 1 atom stereocenters. The highest BCUT2D eigenvalue weighted by atomic mass is 16.6. The van der Waals surface area contributed by atoms with Crippen LogP contribution in [0.5, 0.6) is 0 Å². The van der Waals surface area contributed by atoms with Gasteiger partial charge in [0.25, 0.3) is 0 Å². The summed E-state index contributed by atoms with van der Waals surface area (Å²) in [6.07, 6.45) is 0.263. The van der Waals surface area contributed by atoms with Crippen molar-refractivity contribution in [1.82, 2.24) is 4.90 Å². The van der Waals surface area contributed by atoms with Gasteiger partial charge < -0.3 is 9.47 Å². The normalized spacial score (nSPS) is 12.1. The molecule has 1 amide bonds. The molecule has 0 fully saturated rings. The van der Waals surface area contributed by atoms with Crippen LogP contribution >= 0.6 is 0 Å². The van der Waals surface area contributed by atoms with Crippen LogP contribution in [-0.2, 0) is 14.3 Å². The Hall–Kier alpha value is -1.26. The number of carbonyl (C=O) groups excluding carboxylic acids is 2. The van der Waals surface area contributed by atoms with Gasteiger partial charge >= 0.3 is 12.1 Å². The Morgan fingerprint density at radius 3 is 2.18 bits per heavy atom. The third-order valence-electron chi connectivity index (χ3n) is 2.29. The van der Waals surface area contributed by atoms with E-state index in [2.05, 4.69) is 0 Å². The molecule has 0 aliphatic carbocycles. The Morgan fingerprint density at radius 1 is 1.18 bits per heavy atom. The predicted octanol–water partition coefficient (Wildman–Crippen LogP) is 2.05. The summed E-state index contributed by atoms with van der Waals surface area (Å²) in [6.45, 7) is 8.05. The molecule has 0 spiro atoms. The molecule has 0 saturated heterocycles. The Labute approximate surface area is 103 Å². The maximum absolute atomic E-state index is 11.8. The van der Waals surface area contributed by atoms with Crippen molar-refractivity contribution in [2.45, 2.75) is 40.2 Å². The molecule has 1 unspecified atom stereocenters. The summed E-state index contributed by atoms with van der Waals surface area (Å²) >= 11 is 0. The van der Waals surface area contributed by atoms with Gasteiger partial charge in [-0.2, -0.15) is 0 Å². The lowest BCUT2D eigenvalue weighted by Crippen LogP contribution is -2.46. The van der Waals surface area contributed by atoms with Crippen LogP contribution in [0.15, 0.2) is 0 Å². The highest BCUT2D eigenvalue weighted by molar-refractivity contribution is 5.81. The van der Waals surface area contributed by atoms with E-state index in [1.165, 1.54) is 4.90 Å². The van der Waals surface area contributed by atoms with E-state index in [0.717, 1.165) is 6.42 Å². The number of likely N-dealkylation sites (N-methyl/N-ethyl adjacent to an activating group) is 1. The van der Waals surface area contributed by atoms with Crippen LogP contribution in [0.3, 0.4) is 0 Å². The first-order chi connectivity index (χ1) is 7.95. The average Bonchev–Trinajstić information content (AvgIpc) is 2.26. The lowest BCUT2D eigenvalue weighted by Gasteiger charge is -2.28. The molecule has 0 aliphatic rings. The van der Waals surface area contributed by atoms with E-state index < -0.39 is 12.1 Å². The van der Waals surface area contributed by atoms with Crippen LogP contribution < -0.4 is 0 Å². The molecule has 0 bridgehead atoms. The molecule has 0 rings (SSSR count). The largest absolute Gasteiger partial charge is 0.464 e. The third kappa shape index (κ3) is 5.06. The van der Waals surface area contributed by atoms with Gasteiger partial charge in [0, 0.05) is 7.05 Å². The van der Waals surface area contributed by atoms with Gasteiger partial charge in [0.15, 0.2) is 0 Å². The zero-order chi connectivity index (χ0) is 13.4. The highest BCUT2D eigenvalue weighted by Crippen LogP contribution is 2.12. The Morgan fingerprint density at radius 2 is 1.76 bits per heavy atom. The van der Waals surface area contributed by atoms with Crippen LogP contribution in [0, 0.1) is 5.92 Å². The zero-order valence-electron chi connectivity index (χ0n) is 11.4. The van der Waals surface area contributed by atoms with Crippen molar-refractivity contribution in [1.29, 1.82) is 0 Å². The summed E-state index contributed by atoms with van der Waals surface area (Å²) in [7, 11) is 1.55. The van der Waals surface area contributed by atoms with Gasteiger partial charge in [-0.1, -0.05) is 20.8 Å². The van der Waals surface area contributed by atoms with Crippen molar-refractivity contribution in [3.05, 3.63) is 0 Å². The Kier molecular flexibility index (Phi) is 7.34. The Balaban J connectivity index is 4.61. The molecule has 0 saturated carbocycles. The highest BCUT2D eigenvalue weighted by Gasteiger charge is 2.31. The van der Waals surface area contributed by atoms with E-state index in [0.29, 0.717) is 6.61 Å². The van der Waals surface area contributed by atoms with Gasteiger partial charge in [-0.05, 0) is 19.3 Å². The molecule has 0 aromatic rings. The first kappa shape index (κ1) is 15.7. The fourth-order valence-corrected chi connectivity index (χ4v) is 1.50. The minimum Gasteiger partial charge on any atom is -0.464 e. The molecular formula is C12H23NO4. The number of hydrogen-bond donors (Lipinski definition) is 0. The van der Waals surface area contributed by atoms with Gasteiger partial charge in [0.1, 0.15) is 6.04 Å². The van der Waals surface area contributed by atoms with Crippen LogP contribution in [0.2, 0.25) is 0 Å².